The van der Waals surface area contributed by atoms with Gasteiger partial charge in [-0.1, -0.05) is 6.07 Å². The highest BCUT2D eigenvalue weighted by molar-refractivity contribution is 5.78. The van der Waals surface area contributed by atoms with Crippen molar-refractivity contribution in [2.75, 3.05) is 26.2 Å². The minimum Gasteiger partial charge on any atom is -0.488 e. The van der Waals surface area contributed by atoms with Gasteiger partial charge in [-0.2, -0.15) is 5.10 Å². The molecule has 8 nitrogen and oxygen atoms in total. The van der Waals surface area contributed by atoms with Crippen molar-refractivity contribution in [3.05, 3.63) is 54.4 Å². The summed E-state index contributed by atoms with van der Waals surface area (Å²) in [5.41, 5.74) is 3.10. The lowest BCUT2D eigenvalue weighted by atomic mass is 10.0. The molecule has 1 atom stereocenters. The summed E-state index contributed by atoms with van der Waals surface area (Å²) in [6, 6.07) is 12.2. The molecule has 1 aromatic carbocycles. The van der Waals surface area contributed by atoms with Crippen molar-refractivity contribution < 1.29 is 14.3 Å². The van der Waals surface area contributed by atoms with E-state index in [0.717, 1.165) is 81.0 Å². The zero-order valence-electron chi connectivity index (χ0n) is 19.2. The van der Waals surface area contributed by atoms with E-state index >= 15 is 0 Å². The summed E-state index contributed by atoms with van der Waals surface area (Å²) >= 11 is 0. The molecule has 2 saturated heterocycles. The molecule has 0 radical (unpaired) electrons. The first-order valence-corrected chi connectivity index (χ1v) is 12.2. The fourth-order valence-electron chi connectivity index (χ4n) is 5.34. The molecule has 3 aliphatic heterocycles. The van der Waals surface area contributed by atoms with E-state index in [0.29, 0.717) is 17.8 Å². The second-order valence-electron chi connectivity index (χ2n) is 9.39. The Morgan fingerprint density at radius 3 is 2.76 bits per heavy atom. The number of fused-ring (bicyclic) bond motifs is 1. The first kappa shape index (κ1) is 21.2. The van der Waals surface area contributed by atoms with E-state index in [2.05, 4.69) is 31.0 Å². The molecule has 176 valence electrons. The Balaban J connectivity index is 1.02. The van der Waals surface area contributed by atoms with Gasteiger partial charge in [0.2, 0.25) is 11.8 Å². The Bertz CT molecular complexity index is 1140. The molecule has 1 amide bonds. The van der Waals surface area contributed by atoms with Crippen LogP contribution in [-0.2, 0) is 11.2 Å². The van der Waals surface area contributed by atoms with Gasteiger partial charge >= 0.3 is 0 Å². The lowest BCUT2D eigenvalue weighted by molar-refractivity contribution is -0.130. The van der Waals surface area contributed by atoms with Gasteiger partial charge in [-0.25, -0.2) is 4.98 Å². The third kappa shape index (κ3) is 4.37. The monoisotopic (exact) mass is 459 g/mol. The first-order chi connectivity index (χ1) is 16.7. The number of amides is 1. The van der Waals surface area contributed by atoms with E-state index in [9.17, 15) is 4.79 Å². The normalized spacial score (nSPS) is 21.0. The molecule has 3 aliphatic rings. The van der Waals surface area contributed by atoms with Crippen LogP contribution in [0.2, 0.25) is 0 Å². The van der Waals surface area contributed by atoms with Gasteiger partial charge in [-0.05, 0) is 43.0 Å². The lowest BCUT2D eigenvalue weighted by Crippen LogP contribution is -2.47. The molecule has 34 heavy (non-hydrogen) atoms. The molecule has 3 aromatic rings. The molecule has 1 N–H and O–H groups in total. The van der Waals surface area contributed by atoms with Gasteiger partial charge in [0.15, 0.2) is 0 Å². The number of rotatable bonds is 6. The van der Waals surface area contributed by atoms with Crippen LogP contribution in [0.4, 0.5) is 0 Å². The van der Waals surface area contributed by atoms with Gasteiger partial charge in [-0.3, -0.25) is 14.8 Å². The van der Waals surface area contributed by atoms with Crippen molar-refractivity contribution in [2.24, 2.45) is 0 Å². The highest BCUT2D eigenvalue weighted by Gasteiger charge is 2.32. The van der Waals surface area contributed by atoms with Gasteiger partial charge < -0.3 is 14.4 Å². The van der Waals surface area contributed by atoms with Gasteiger partial charge in [-0.15, -0.1) is 0 Å². The number of ether oxygens (including phenoxy) is 2. The van der Waals surface area contributed by atoms with Gasteiger partial charge in [0.05, 0.1) is 5.69 Å². The van der Waals surface area contributed by atoms with Crippen LogP contribution in [0, 0.1) is 0 Å². The standard InChI is InChI=1S/C26H29N5O3/c32-26-2-1-11-31(26)20-8-12-30(13-9-20)17-22-14-18-3-5-21(15-24(18)33-22)34-25-6-4-19(16-27-25)23-7-10-28-29-23/h3-7,10,15-16,20,22H,1-2,8-9,11-14,17H2,(H,28,29)/t22-/m0/s1. The Labute approximate surface area is 198 Å². The van der Waals surface area contributed by atoms with Crippen molar-refractivity contribution in [2.45, 2.75) is 44.2 Å². The molecule has 2 fully saturated rings. The maximum Gasteiger partial charge on any atom is 0.222 e. The number of piperidine rings is 1. The van der Waals surface area contributed by atoms with Crippen molar-refractivity contribution in [1.29, 1.82) is 0 Å². The average Bonchev–Trinajstić information content (AvgIpc) is 3.61. The number of pyridine rings is 1. The van der Waals surface area contributed by atoms with E-state index < -0.39 is 0 Å². The highest BCUT2D eigenvalue weighted by Crippen LogP contribution is 2.34. The molecule has 0 saturated carbocycles. The maximum absolute atomic E-state index is 12.0. The number of benzene rings is 1. The van der Waals surface area contributed by atoms with Crippen LogP contribution in [0.25, 0.3) is 11.3 Å². The third-order valence-corrected chi connectivity index (χ3v) is 7.12. The summed E-state index contributed by atoms with van der Waals surface area (Å²) in [6.45, 7) is 3.92. The molecule has 0 aliphatic carbocycles. The first-order valence-electron chi connectivity index (χ1n) is 12.2. The Morgan fingerprint density at radius 2 is 2.03 bits per heavy atom. The van der Waals surface area contributed by atoms with E-state index in [1.807, 2.05) is 30.3 Å². The van der Waals surface area contributed by atoms with Crippen LogP contribution >= 0.6 is 0 Å². The van der Waals surface area contributed by atoms with E-state index in [1.165, 1.54) is 5.56 Å². The Hall–Kier alpha value is -3.39. The number of H-pyrrole nitrogens is 1. The summed E-state index contributed by atoms with van der Waals surface area (Å²) < 4.78 is 12.3. The zero-order chi connectivity index (χ0) is 22.9. The molecular weight excluding hydrogens is 430 g/mol. The number of aromatic amines is 1. The van der Waals surface area contributed by atoms with Crippen molar-refractivity contribution in [1.82, 2.24) is 25.0 Å². The summed E-state index contributed by atoms with van der Waals surface area (Å²) in [5.74, 6) is 2.50. The second-order valence-corrected chi connectivity index (χ2v) is 9.39. The fourth-order valence-corrected chi connectivity index (χ4v) is 5.34. The molecule has 0 bridgehead atoms. The zero-order valence-corrected chi connectivity index (χ0v) is 19.2. The number of nitrogens with one attached hydrogen (secondary N) is 1. The molecule has 0 unspecified atom stereocenters. The highest BCUT2D eigenvalue weighted by atomic mass is 16.5. The molecule has 2 aromatic heterocycles. The minimum atomic E-state index is 0.155. The quantitative estimate of drug-likeness (QED) is 0.606. The van der Waals surface area contributed by atoms with Crippen LogP contribution in [-0.4, -0.2) is 69.2 Å². The summed E-state index contributed by atoms with van der Waals surface area (Å²) in [7, 11) is 0. The largest absolute Gasteiger partial charge is 0.488 e. The lowest BCUT2D eigenvalue weighted by Gasteiger charge is -2.37. The molecule has 8 heteroatoms. The molecular formula is C26H29N5O3. The van der Waals surface area contributed by atoms with E-state index in [1.54, 1.807) is 12.4 Å². The van der Waals surface area contributed by atoms with Crippen LogP contribution in [0.5, 0.6) is 17.4 Å². The van der Waals surface area contributed by atoms with E-state index in [-0.39, 0.29) is 6.10 Å². The Morgan fingerprint density at radius 1 is 1.12 bits per heavy atom. The molecule has 5 heterocycles. The summed E-state index contributed by atoms with van der Waals surface area (Å²) in [5, 5.41) is 6.91. The number of hydrogen-bond donors (Lipinski definition) is 1. The number of carbonyl (C=O) groups is 1. The third-order valence-electron chi connectivity index (χ3n) is 7.12. The number of likely N-dealkylation sites (tertiary alicyclic amines) is 2. The van der Waals surface area contributed by atoms with Crippen molar-refractivity contribution in [3.63, 3.8) is 0 Å². The predicted octanol–water partition coefficient (Wildman–Crippen LogP) is 3.65. The summed E-state index contributed by atoms with van der Waals surface area (Å²) in [4.78, 5) is 21.0. The average molecular weight is 460 g/mol. The fraction of sp³-hybridized carbons (Fsp3) is 0.423. The van der Waals surface area contributed by atoms with Gasteiger partial charge in [0.1, 0.15) is 17.6 Å². The van der Waals surface area contributed by atoms with Gasteiger partial charge in [0, 0.05) is 75.2 Å². The molecule has 6 rings (SSSR count). The topological polar surface area (TPSA) is 83.6 Å². The number of hydrogen-bond acceptors (Lipinski definition) is 6. The maximum atomic E-state index is 12.0. The number of nitrogens with zero attached hydrogens (tertiary/aromatic N) is 4. The summed E-state index contributed by atoms with van der Waals surface area (Å²) in [6.07, 6.45) is 8.43. The van der Waals surface area contributed by atoms with Crippen molar-refractivity contribution >= 4 is 5.91 Å². The molecule has 0 spiro atoms. The number of aromatic nitrogens is 3. The van der Waals surface area contributed by atoms with Crippen LogP contribution in [0.15, 0.2) is 48.8 Å². The second kappa shape index (κ2) is 9.10. The van der Waals surface area contributed by atoms with Crippen LogP contribution in [0.1, 0.15) is 31.2 Å². The van der Waals surface area contributed by atoms with Crippen LogP contribution in [0.3, 0.4) is 0 Å². The SMILES string of the molecule is O=C1CCCN1C1CCN(C[C@@H]2Cc3ccc(Oc4ccc(-c5ccn[nH]5)cn4)cc3O2)CC1. The predicted molar refractivity (Wildman–Crippen MR) is 127 cm³/mol. The number of carbonyl (C=O) groups excluding carboxylic acids is 1. The minimum absolute atomic E-state index is 0.155. The van der Waals surface area contributed by atoms with E-state index in [4.69, 9.17) is 9.47 Å². The van der Waals surface area contributed by atoms with Crippen LogP contribution < -0.4 is 9.47 Å². The van der Waals surface area contributed by atoms with Gasteiger partial charge in [0.25, 0.3) is 0 Å². The van der Waals surface area contributed by atoms with Crippen molar-refractivity contribution in [3.8, 4) is 28.6 Å². The smallest absolute Gasteiger partial charge is 0.222 e. The Kier molecular flexibility index (Phi) is 5.66.